The Kier molecular flexibility index (Phi) is 5.00. The molecule has 1 heterocycles. The lowest BCUT2D eigenvalue weighted by atomic mass is 10.0. The monoisotopic (exact) mass is 242 g/mol. The summed E-state index contributed by atoms with van der Waals surface area (Å²) >= 11 is 5.99. The largest absolute Gasteiger partial charge is 0.292 e. The molecule has 90 valence electrons. The molecule has 1 aromatic rings. The summed E-state index contributed by atoms with van der Waals surface area (Å²) in [5.74, 6) is 0.634. The summed E-state index contributed by atoms with van der Waals surface area (Å²) in [7, 11) is 0. The van der Waals surface area contributed by atoms with E-state index in [1.54, 1.807) is 10.9 Å². The molecule has 0 unspecified atom stereocenters. The smallest absolute Gasteiger partial charge is 0.182 e. The fraction of sp³-hybridized carbons (Fsp3) is 0.667. The first-order valence-electron chi connectivity index (χ1n) is 5.80. The highest BCUT2D eigenvalue weighted by Gasteiger charge is 2.16. The van der Waals surface area contributed by atoms with Crippen LogP contribution in [-0.2, 0) is 6.54 Å². The number of aromatic nitrogens is 2. The van der Waals surface area contributed by atoms with Crippen LogP contribution >= 0.6 is 11.6 Å². The first-order valence-corrected chi connectivity index (χ1v) is 6.18. The summed E-state index contributed by atoms with van der Waals surface area (Å²) in [5.41, 5.74) is 0.573. The second kappa shape index (κ2) is 6.04. The summed E-state index contributed by atoms with van der Waals surface area (Å²) in [6.07, 6.45) is 3.95. The van der Waals surface area contributed by atoms with Gasteiger partial charge in [-0.3, -0.25) is 9.48 Å². The zero-order valence-corrected chi connectivity index (χ0v) is 10.9. The predicted octanol–water partition coefficient (Wildman–Crippen LogP) is 3.57. The van der Waals surface area contributed by atoms with Crippen molar-refractivity contribution in [2.24, 2.45) is 5.92 Å². The first kappa shape index (κ1) is 13.2. The van der Waals surface area contributed by atoms with E-state index in [4.69, 9.17) is 11.6 Å². The zero-order chi connectivity index (χ0) is 12.1. The van der Waals surface area contributed by atoms with Gasteiger partial charge in [-0.2, -0.15) is 5.10 Å². The Morgan fingerprint density at radius 2 is 2.25 bits per heavy atom. The van der Waals surface area contributed by atoms with Crippen molar-refractivity contribution in [1.29, 1.82) is 0 Å². The number of aryl methyl sites for hydroxylation is 1. The van der Waals surface area contributed by atoms with Crippen LogP contribution in [-0.4, -0.2) is 15.6 Å². The van der Waals surface area contributed by atoms with Gasteiger partial charge in [0.25, 0.3) is 0 Å². The van der Waals surface area contributed by atoms with Crippen LogP contribution in [0.2, 0.25) is 5.02 Å². The summed E-state index contributed by atoms with van der Waals surface area (Å²) < 4.78 is 1.71. The number of hydrogen-bond acceptors (Lipinski definition) is 2. The predicted molar refractivity (Wildman–Crippen MR) is 65.9 cm³/mol. The van der Waals surface area contributed by atoms with Crippen LogP contribution in [0.1, 0.15) is 50.5 Å². The van der Waals surface area contributed by atoms with E-state index in [1.807, 2.05) is 0 Å². The number of carbonyl (C=O) groups is 1. The highest BCUT2D eigenvalue weighted by molar-refractivity contribution is 6.33. The number of nitrogens with zero attached hydrogens (tertiary/aromatic N) is 2. The normalized spacial score (nSPS) is 11.1. The minimum atomic E-state index is 0.102. The van der Waals surface area contributed by atoms with Gasteiger partial charge in [-0.1, -0.05) is 32.4 Å². The highest BCUT2D eigenvalue weighted by Crippen LogP contribution is 2.19. The molecule has 4 heteroatoms. The van der Waals surface area contributed by atoms with Crippen LogP contribution in [0, 0.1) is 5.92 Å². The second-order valence-corrected chi connectivity index (χ2v) is 4.83. The maximum Gasteiger partial charge on any atom is 0.182 e. The van der Waals surface area contributed by atoms with Gasteiger partial charge in [-0.25, -0.2) is 0 Å². The fourth-order valence-electron chi connectivity index (χ4n) is 1.56. The van der Waals surface area contributed by atoms with Crippen molar-refractivity contribution in [3.63, 3.8) is 0 Å². The number of ketones is 1. The van der Waals surface area contributed by atoms with Gasteiger partial charge in [0.1, 0.15) is 5.69 Å². The minimum absolute atomic E-state index is 0.102. The third kappa shape index (κ3) is 3.34. The Balaban J connectivity index is 2.76. The molecular formula is C12H19ClN2O. The topological polar surface area (TPSA) is 34.9 Å². The molecule has 0 atom stereocenters. The standard InChI is InChI=1S/C12H19ClN2O/c1-4-7-15-12(10(13)8-14-15)11(16)6-5-9(2)3/h8-9H,4-7H2,1-3H3. The third-order valence-electron chi connectivity index (χ3n) is 2.44. The van der Waals surface area contributed by atoms with Gasteiger partial charge in [-0.15, -0.1) is 0 Å². The van der Waals surface area contributed by atoms with Gasteiger partial charge in [0.05, 0.1) is 11.2 Å². The molecule has 0 saturated heterocycles. The first-order chi connectivity index (χ1) is 7.56. The molecule has 0 bridgehead atoms. The fourth-order valence-corrected chi connectivity index (χ4v) is 1.81. The Hall–Kier alpha value is -0.830. The van der Waals surface area contributed by atoms with Crippen LogP contribution < -0.4 is 0 Å². The van der Waals surface area contributed by atoms with Crippen molar-refractivity contribution in [2.45, 2.75) is 46.6 Å². The molecule has 0 N–H and O–H groups in total. The van der Waals surface area contributed by atoms with Gasteiger partial charge >= 0.3 is 0 Å². The number of carbonyl (C=O) groups excluding carboxylic acids is 1. The van der Waals surface area contributed by atoms with E-state index in [9.17, 15) is 4.79 Å². The van der Waals surface area contributed by atoms with Crippen LogP contribution in [0.4, 0.5) is 0 Å². The van der Waals surface area contributed by atoms with Gasteiger partial charge in [0.2, 0.25) is 0 Å². The second-order valence-electron chi connectivity index (χ2n) is 4.42. The summed E-state index contributed by atoms with van der Waals surface area (Å²) in [6, 6.07) is 0. The molecule has 0 amide bonds. The molecule has 16 heavy (non-hydrogen) atoms. The molecule has 0 fully saturated rings. The minimum Gasteiger partial charge on any atom is -0.292 e. The molecular weight excluding hydrogens is 224 g/mol. The molecule has 0 aromatic carbocycles. The van der Waals surface area contributed by atoms with Gasteiger partial charge < -0.3 is 0 Å². The Morgan fingerprint density at radius 3 is 2.81 bits per heavy atom. The van der Waals surface area contributed by atoms with Crippen LogP contribution in [0.15, 0.2) is 6.20 Å². The molecule has 0 aliphatic heterocycles. The lowest BCUT2D eigenvalue weighted by molar-refractivity contribution is 0.0965. The van der Waals surface area contributed by atoms with Crippen LogP contribution in [0.5, 0.6) is 0 Å². The van der Waals surface area contributed by atoms with E-state index in [-0.39, 0.29) is 5.78 Å². The van der Waals surface area contributed by atoms with Crippen molar-refractivity contribution in [1.82, 2.24) is 9.78 Å². The van der Waals surface area contributed by atoms with Crippen molar-refractivity contribution in [3.05, 3.63) is 16.9 Å². The highest BCUT2D eigenvalue weighted by atomic mass is 35.5. The summed E-state index contributed by atoms with van der Waals surface area (Å²) in [5, 5.41) is 4.59. The van der Waals surface area contributed by atoms with Gasteiger partial charge in [0, 0.05) is 13.0 Å². The average Bonchev–Trinajstić information content (AvgIpc) is 2.57. The quantitative estimate of drug-likeness (QED) is 0.715. The Labute approximate surface area is 102 Å². The molecule has 1 rings (SSSR count). The van der Waals surface area contributed by atoms with Crippen molar-refractivity contribution < 1.29 is 4.79 Å². The molecule has 0 aliphatic carbocycles. The molecule has 3 nitrogen and oxygen atoms in total. The van der Waals surface area contributed by atoms with E-state index in [0.717, 1.165) is 19.4 Å². The molecule has 0 aliphatic rings. The molecule has 1 aromatic heterocycles. The number of hydrogen-bond donors (Lipinski definition) is 0. The van der Waals surface area contributed by atoms with Crippen molar-refractivity contribution in [2.75, 3.05) is 0 Å². The molecule has 0 saturated carbocycles. The van der Waals surface area contributed by atoms with Crippen molar-refractivity contribution >= 4 is 17.4 Å². The maximum atomic E-state index is 12.0. The Morgan fingerprint density at radius 1 is 1.56 bits per heavy atom. The number of rotatable bonds is 6. The lowest BCUT2D eigenvalue weighted by Gasteiger charge is -2.07. The van der Waals surface area contributed by atoms with Crippen LogP contribution in [0.3, 0.4) is 0 Å². The number of Topliss-reactive ketones (excluding diaryl/α,β-unsaturated/α-hetero) is 1. The summed E-state index contributed by atoms with van der Waals surface area (Å²) in [6.45, 7) is 7.02. The molecule has 0 spiro atoms. The zero-order valence-electron chi connectivity index (χ0n) is 10.2. The third-order valence-corrected chi connectivity index (χ3v) is 2.72. The van der Waals surface area contributed by atoms with Gasteiger partial charge in [0.15, 0.2) is 5.78 Å². The SMILES string of the molecule is CCCn1ncc(Cl)c1C(=O)CCC(C)C. The van der Waals surface area contributed by atoms with Crippen LogP contribution in [0.25, 0.3) is 0 Å². The van der Waals surface area contributed by atoms with E-state index in [1.165, 1.54) is 0 Å². The van der Waals surface area contributed by atoms with E-state index in [2.05, 4.69) is 25.9 Å². The van der Waals surface area contributed by atoms with Gasteiger partial charge in [-0.05, 0) is 18.8 Å². The van der Waals surface area contributed by atoms with Crippen molar-refractivity contribution in [3.8, 4) is 0 Å². The molecule has 0 radical (unpaired) electrons. The average molecular weight is 243 g/mol. The number of halogens is 1. The van der Waals surface area contributed by atoms with E-state index in [0.29, 0.717) is 23.1 Å². The lowest BCUT2D eigenvalue weighted by Crippen LogP contribution is -2.11. The van der Waals surface area contributed by atoms with E-state index >= 15 is 0 Å². The van der Waals surface area contributed by atoms with E-state index < -0.39 is 0 Å². The summed E-state index contributed by atoms with van der Waals surface area (Å²) in [4.78, 5) is 12.0. The Bertz CT molecular complexity index is 358. The maximum absolute atomic E-state index is 12.0.